The van der Waals surface area contributed by atoms with Crippen LogP contribution >= 0.6 is 0 Å². The summed E-state index contributed by atoms with van der Waals surface area (Å²) >= 11 is 0. The molecule has 1 saturated heterocycles. The van der Waals surface area contributed by atoms with Gasteiger partial charge in [0, 0.05) is 25.2 Å². The first-order valence-electron chi connectivity index (χ1n) is 8.03. The molecular formula is C17H27N3O. The lowest BCUT2D eigenvalue weighted by Gasteiger charge is -2.26. The van der Waals surface area contributed by atoms with Crippen LogP contribution in [-0.4, -0.2) is 44.0 Å². The number of benzene rings is 1. The molecule has 1 aromatic carbocycles. The Morgan fingerprint density at radius 1 is 1.14 bits per heavy atom. The Hall–Kier alpha value is -1.39. The highest BCUT2D eigenvalue weighted by Crippen LogP contribution is 2.13. The van der Waals surface area contributed by atoms with Crippen molar-refractivity contribution in [2.24, 2.45) is 0 Å². The first-order chi connectivity index (χ1) is 10.3. The van der Waals surface area contributed by atoms with Crippen molar-refractivity contribution in [2.75, 3.05) is 38.5 Å². The Morgan fingerprint density at radius 3 is 2.52 bits per heavy atom. The normalized spacial score (nSPS) is 15.9. The summed E-state index contributed by atoms with van der Waals surface area (Å²) in [6.07, 6.45) is 5.68. The summed E-state index contributed by atoms with van der Waals surface area (Å²) in [6.45, 7) is 4.35. The van der Waals surface area contributed by atoms with Crippen molar-refractivity contribution >= 4 is 11.6 Å². The average molecular weight is 289 g/mol. The molecule has 4 heteroatoms. The molecule has 0 unspecified atom stereocenters. The molecule has 0 radical (unpaired) electrons. The molecule has 0 bridgehead atoms. The molecule has 1 heterocycles. The summed E-state index contributed by atoms with van der Waals surface area (Å²) in [6, 6.07) is 8.25. The standard InChI is InChI=1S/C17H27N3O/c1-18-11-9-17(21)19-16-7-5-15(6-8-16)10-14-20-12-3-2-4-13-20/h5-8,18H,2-4,9-14H2,1H3,(H,19,21). The van der Waals surface area contributed by atoms with Crippen molar-refractivity contribution in [1.82, 2.24) is 10.2 Å². The quantitative estimate of drug-likeness (QED) is 0.809. The van der Waals surface area contributed by atoms with Gasteiger partial charge in [0.15, 0.2) is 0 Å². The molecule has 2 N–H and O–H groups in total. The van der Waals surface area contributed by atoms with Gasteiger partial charge in [-0.3, -0.25) is 4.79 Å². The molecule has 0 saturated carbocycles. The maximum Gasteiger partial charge on any atom is 0.225 e. The van der Waals surface area contributed by atoms with Crippen LogP contribution in [0.25, 0.3) is 0 Å². The van der Waals surface area contributed by atoms with Gasteiger partial charge in [-0.15, -0.1) is 0 Å². The molecule has 1 aliphatic rings. The Bertz CT molecular complexity index is 424. The molecule has 1 fully saturated rings. The number of hydrogen-bond acceptors (Lipinski definition) is 3. The molecule has 116 valence electrons. The highest BCUT2D eigenvalue weighted by molar-refractivity contribution is 5.90. The monoisotopic (exact) mass is 289 g/mol. The number of carbonyl (C=O) groups is 1. The fourth-order valence-corrected chi connectivity index (χ4v) is 2.69. The molecule has 1 aromatic rings. The van der Waals surface area contributed by atoms with Gasteiger partial charge in [0.1, 0.15) is 0 Å². The van der Waals surface area contributed by atoms with Crippen LogP contribution in [0.1, 0.15) is 31.2 Å². The fraction of sp³-hybridized carbons (Fsp3) is 0.588. The molecule has 0 aliphatic carbocycles. The van der Waals surface area contributed by atoms with Gasteiger partial charge in [-0.25, -0.2) is 0 Å². The maximum absolute atomic E-state index is 11.6. The predicted molar refractivity (Wildman–Crippen MR) is 87.6 cm³/mol. The number of anilines is 1. The van der Waals surface area contributed by atoms with Crippen LogP contribution in [0.5, 0.6) is 0 Å². The van der Waals surface area contributed by atoms with E-state index >= 15 is 0 Å². The molecular weight excluding hydrogens is 262 g/mol. The molecule has 21 heavy (non-hydrogen) atoms. The van der Waals surface area contributed by atoms with Gasteiger partial charge in [-0.05, 0) is 57.1 Å². The lowest BCUT2D eigenvalue weighted by Crippen LogP contribution is -2.31. The zero-order valence-corrected chi connectivity index (χ0v) is 13.0. The third-order valence-electron chi connectivity index (χ3n) is 4.01. The zero-order chi connectivity index (χ0) is 14.9. The Balaban J connectivity index is 1.74. The highest BCUT2D eigenvalue weighted by Gasteiger charge is 2.09. The predicted octanol–water partition coefficient (Wildman–Crippen LogP) is 2.26. The lowest BCUT2D eigenvalue weighted by atomic mass is 10.1. The van der Waals surface area contributed by atoms with Crippen LogP contribution in [0.15, 0.2) is 24.3 Å². The summed E-state index contributed by atoms with van der Waals surface area (Å²) < 4.78 is 0. The van der Waals surface area contributed by atoms with E-state index in [-0.39, 0.29) is 5.91 Å². The van der Waals surface area contributed by atoms with E-state index in [2.05, 4.69) is 27.7 Å². The van der Waals surface area contributed by atoms with E-state index in [9.17, 15) is 4.79 Å². The van der Waals surface area contributed by atoms with Crippen molar-refractivity contribution < 1.29 is 4.79 Å². The largest absolute Gasteiger partial charge is 0.326 e. The number of nitrogens with zero attached hydrogens (tertiary/aromatic N) is 1. The van der Waals surface area contributed by atoms with Crippen molar-refractivity contribution in [1.29, 1.82) is 0 Å². The number of piperidine rings is 1. The van der Waals surface area contributed by atoms with Gasteiger partial charge < -0.3 is 15.5 Å². The van der Waals surface area contributed by atoms with Crippen LogP contribution in [0.2, 0.25) is 0 Å². The maximum atomic E-state index is 11.6. The summed E-state index contributed by atoms with van der Waals surface area (Å²) in [5, 5.41) is 5.90. The molecule has 0 aromatic heterocycles. The van der Waals surface area contributed by atoms with Crippen LogP contribution in [0, 0.1) is 0 Å². The minimum absolute atomic E-state index is 0.0606. The minimum Gasteiger partial charge on any atom is -0.326 e. The summed E-state index contributed by atoms with van der Waals surface area (Å²) in [7, 11) is 1.85. The Labute approximate surface area is 127 Å². The van der Waals surface area contributed by atoms with Crippen molar-refractivity contribution in [3.05, 3.63) is 29.8 Å². The summed E-state index contributed by atoms with van der Waals surface area (Å²) in [4.78, 5) is 14.2. The van der Waals surface area contributed by atoms with Crippen molar-refractivity contribution in [3.63, 3.8) is 0 Å². The molecule has 0 spiro atoms. The molecule has 1 aliphatic heterocycles. The zero-order valence-electron chi connectivity index (χ0n) is 13.0. The molecule has 1 amide bonds. The average Bonchev–Trinajstić information content (AvgIpc) is 2.53. The van der Waals surface area contributed by atoms with Crippen LogP contribution < -0.4 is 10.6 Å². The summed E-state index contributed by atoms with van der Waals surface area (Å²) in [5.41, 5.74) is 2.23. The number of amides is 1. The van der Waals surface area contributed by atoms with E-state index < -0.39 is 0 Å². The topological polar surface area (TPSA) is 44.4 Å². The lowest BCUT2D eigenvalue weighted by molar-refractivity contribution is -0.116. The smallest absolute Gasteiger partial charge is 0.225 e. The third-order valence-corrected chi connectivity index (χ3v) is 4.01. The van der Waals surface area contributed by atoms with Crippen LogP contribution in [0.3, 0.4) is 0 Å². The molecule has 4 nitrogen and oxygen atoms in total. The van der Waals surface area contributed by atoms with Gasteiger partial charge in [0.25, 0.3) is 0 Å². The number of carbonyl (C=O) groups excluding carboxylic acids is 1. The highest BCUT2D eigenvalue weighted by atomic mass is 16.1. The van der Waals surface area contributed by atoms with Crippen molar-refractivity contribution in [3.8, 4) is 0 Å². The minimum atomic E-state index is 0.0606. The number of rotatable bonds is 7. The second-order valence-electron chi connectivity index (χ2n) is 5.75. The first-order valence-corrected chi connectivity index (χ1v) is 8.03. The second kappa shape index (κ2) is 8.80. The van der Waals surface area contributed by atoms with E-state index in [0.717, 1.165) is 18.7 Å². The van der Waals surface area contributed by atoms with E-state index in [1.54, 1.807) is 0 Å². The van der Waals surface area contributed by atoms with Gasteiger partial charge in [-0.2, -0.15) is 0 Å². The SMILES string of the molecule is CNCCC(=O)Nc1ccc(CCN2CCCCC2)cc1. The third kappa shape index (κ3) is 5.86. The van der Waals surface area contributed by atoms with Gasteiger partial charge >= 0.3 is 0 Å². The van der Waals surface area contributed by atoms with E-state index in [4.69, 9.17) is 0 Å². The van der Waals surface area contributed by atoms with Gasteiger partial charge in [0.2, 0.25) is 5.91 Å². The second-order valence-corrected chi connectivity index (χ2v) is 5.75. The molecule has 0 atom stereocenters. The van der Waals surface area contributed by atoms with Crippen LogP contribution in [0.4, 0.5) is 5.69 Å². The number of nitrogens with one attached hydrogen (secondary N) is 2. The van der Waals surface area contributed by atoms with E-state index in [0.29, 0.717) is 13.0 Å². The van der Waals surface area contributed by atoms with Crippen LogP contribution in [-0.2, 0) is 11.2 Å². The Kier molecular flexibility index (Phi) is 6.70. The number of hydrogen-bond donors (Lipinski definition) is 2. The molecule has 2 rings (SSSR count). The van der Waals surface area contributed by atoms with Gasteiger partial charge in [-0.1, -0.05) is 18.6 Å². The fourth-order valence-electron chi connectivity index (χ4n) is 2.69. The van der Waals surface area contributed by atoms with Gasteiger partial charge in [0.05, 0.1) is 0 Å². The first kappa shape index (κ1) is 16.0. The Morgan fingerprint density at radius 2 is 1.86 bits per heavy atom. The number of likely N-dealkylation sites (tertiary alicyclic amines) is 1. The van der Waals surface area contributed by atoms with Crippen molar-refractivity contribution in [2.45, 2.75) is 32.1 Å². The van der Waals surface area contributed by atoms with E-state index in [1.807, 2.05) is 19.2 Å². The van der Waals surface area contributed by atoms with E-state index in [1.165, 1.54) is 37.9 Å². The summed E-state index contributed by atoms with van der Waals surface area (Å²) in [5.74, 6) is 0.0606.